The van der Waals surface area contributed by atoms with E-state index in [4.69, 9.17) is 4.74 Å². The predicted octanol–water partition coefficient (Wildman–Crippen LogP) is 2.68. The minimum Gasteiger partial charge on any atom is -0.371 e. The zero-order valence-electron chi connectivity index (χ0n) is 15.1. The lowest BCUT2D eigenvalue weighted by atomic mass is 10.1. The maximum atomic E-state index is 12.9. The summed E-state index contributed by atoms with van der Waals surface area (Å²) in [5.74, 6) is 0.0310. The molecule has 6 nitrogen and oxygen atoms in total. The molecule has 2 aliphatic rings. The van der Waals surface area contributed by atoms with Crippen LogP contribution in [0.3, 0.4) is 0 Å². The van der Waals surface area contributed by atoms with Gasteiger partial charge in [0, 0.05) is 25.8 Å². The first-order chi connectivity index (χ1) is 13.3. The molecule has 0 unspecified atom stereocenters. The number of carbonyl (C=O) groups is 1. The molecule has 1 amide bonds. The van der Waals surface area contributed by atoms with E-state index >= 15 is 0 Å². The number of nitrogens with zero attached hydrogens (tertiary/aromatic N) is 4. The summed E-state index contributed by atoms with van der Waals surface area (Å²) in [6.45, 7) is 2.17. The average Bonchev–Trinajstić information content (AvgIpc) is 3.28. The van der Waals surface area contributed by atoms with E-state index in [2.05, 4.69) is 34.2 Å². The van der Waals surface area contributed by atoms with Crippen molar-refractivity contribution in [1.82, 2.24) is 19.4 Å². The first-order valence-corrected chi connectivity index (χ1v) is 9.56. The summed E-state index contributed by atoms with van der Waals surface area (Å²) in [6.07, 6.45) is 6.91. The van der Waals surface area contributed by atoms with Crippen LogP contribution in [-0.2, 0) is 17.7 Å². The van der Waals surface area contributed by atoms with Crippen LogP contribution in [0, 0.1) is 0 Å². The lowest BCUT2D eigenvalue weighted by Crippen LogP contribution is -2.45. The number of hydrogen-bond donors (Lipinski definition) is 0. The molecule has 2 atom stereocenters. The van der Waals surface area contributed by atoms with Gasteiger partial charge in [-0.2, -0.15) is 0 Å². The van der Waals surface area contributed by atoms with Gasteiger partial charge < -0.3 is 14.2 Å². The van der Waals surface area contributed by atoms with Gasteiger partial charge in [-0.25, -0.2) is 9.97 Å². The maximum absolute atomic E-state index is 12.9. The van der Waals surface area contributed by atoms with Crippen LogP contribution in [0.5, 0.6) is 0 Å². The number of rotatable bonds is 4. The number of likely N-dealkylation sites (tertiary alicyclic amines) is 1. The summed E-state index contributed by atoms with van der Waals surface area (Å²) in [5.41, 5.74) is 3.49. The molecule has 2 bridgehead atoms. The fraction of sp³-hybridized carbons (Fsp3) is 0.381. The van der Waals surface area contributed by atoms with E-state index in [9.17, 15) is 4.79 Å². The molecule has 4 heterocycles. The molecule has 0 aliphatic carbocycles. The van der Waals surface area contributed by atoms with Gasteiger partial charge in [0.15, 0.2) is 5.65 Å². The zero-order chi connectivity index (χ0) is 18.2. The van der Waals surface area contributed by atoms with Crippen LogP contribution in [0.4, 0.5) is 0 Å². The Morgan fingerprint density at radius 3 is 2.67 bits per heavy atom. The highest BCUT2D eigenvalue weighted by atomic mass is 16.5. The Morgan fingerprint density at radius 1 is 1.11 bits per heavy atom. The number of morpholine rings is 1. The third-order valence-corrected chi connectivity index (χ3v) is 5.52. The lowest BCUT2D eigenvalue weighted by molar-refractivity contribution is -0.0303. The summed E-state index contributed by atoms with van der Waals surface area (Å²) >= 11 is 0. The number of imidazole rings is 1. The molecule has 0 spiro atoms. The quantitative estimate of drug-likeness (QED) is 0.716. The number of benzene rings is 1. The Kier molecular flexibility index (Phi) is 4.13. The van der Waals surface area contributed by atoms with Crippen molar-refractivity contribution in [2.75, 3.05) is 13.1 Å². The fourth-order valence-corrected chi connectivity index (χ4v) is 4.09. The number of amides is 1. The van der Waals surface area contributed by atoms with Crippen LogP contribution in [0.2, 0.25) is 0 Å². The van der Waals surface area contributed by atoms with Gasteiger partial charge >= 0.3 is 0 Å². The highest BCUT2D eigenvalue weighted by Gasteiger charge is 2.36. The number of fused-ring (bicyclic) bond motifs is 3. The summed E-state index contributed by atoms with van der Waals surface area (Å²) in [4.78, 5) is 23.8. The van der Waals surface area contributed by atoms with Crippen molar-refractivity contribution in [3.63, 3.8) is 0 Å². The van der Waals surface area contributed by atoms with E-state index in [0.717, 1.165) is 37.0 Å². The second-order valence-electron chi connectivity index (χ2n) is 7.41. The second-order valence-corrected chi connectivity index (χ2v) is 7.41. The summed E-state index contributed by atoms with van der Waals surface area (Å²) in [5, 5.41) is 0. The Hall–Kier alpha value is -2.73. The molecule has 3 aromatic rings. The van der Waals surface area contributed by atoms with Gasteiger partial charge in [0.25, 0.3) is 5.91 Å². The van der Waals surface area contributed by atoms with Gasteiger partial charge in [0.2, 0.25) is 0 Å². The number of aromatic nitrogens is 3. The Morgan fingerprint density at radius 2 is 1.89 bits per heavy atom. The predicted molar refractivity (Wildman–Crippen MR) is 101 cm³/mol. The minimum absolute atomic E-state index is 0.0310. The normalized spacial score (nSPS) is 21.7. The summed E-state index contributed by atoms with van der Waals surface area (Å²) in [6, 6.07) is 12.2. The van der Waals surface area contributed by atoms with Crippen molar-refractivity contribution in [2.45, 2.75) is 38.0 Å². The van der Waals surface area contributed by atoms with Gasteiger partial charge in [0.05, 0.1) is 24.1 Å². The Balaban J connectivity index is 1.33. The molecule has 6 heteroatoms. The number of ether oxygens (including phenoxy) is 1. The van der Waals surface area contributed by atoms with E-state index in [1.165, 1.54) is 5.56 Å². The van der Waals surface area contributed by atoms with Gasteiger partial charge in [-0.15, -0.1) is 0 Å². The molecule has 1 aromatic carbocycles. The van der Waals surface area contributed by atoms with Gasteiger partial charge in [-0.3, -0.25) is 4.79 Å². The van der Waals surface area contributed by atoms with Crippen molar-refractivity contribution in [3.8, 4) is 0 Å². The van der Waals surface area contributed by atoms with Crippen LogP contribution in [0.1, 0.15) is 28.8 Å². The highest BCUT2D eigenvalue weighted by Crippen LogP contribution is 2.27. The van der Waals surface area contributed by atoms with Crippen molar-refractivity contribution in [1.29, 1.82) is 0 Å². The molecule has 2 fully saturated rings. The zero-order valence-corrected chi connectivity index (χ0v) is 15.1. The van der Waals surface area contributed by atoms with Crippen LogP contribution in [-0.4, -0.2) is 50.6 Å². The monoisotopic (exact) mass is 362 g/mol. The first-order valence-electron chi connectivity index (χ1n) is 9.56. The Bertz CT molecular complexity index is 957. The van der Waals surface area contributed by atoms with Crippen LogP contribution in [0.15, 0.2) is 48.9 Å². The van der Waals surface area contributed by atoms with E-state index < -0.39 is 0 Å². The molecule has 0 radical (unpaired) electrons. The molecule has 27 heavy (non-hydrogen) atoms. The molecular formula is C21H22N4O2. The minimum atomic E-state index is 0.0310. The molecule has 0 N–H and O–H groups in total. The van der Waals surface area contributed by atoms with Crippen molar-refractivity contribution in [3.05, 3.63) is 60.0 Å². The number of carbonyl (C=O) groups excluding carboxylic acids is 1. The molecule has 2 aliphatic heterocycles. The molecule has 2 aromatic heterocycles. The van der Waals surface area contributed by atoms with Gasteiger partial charge in [-0.05, 0) is 30.9 Å². The van der Waals surface area contributed by atoms with Crippen molar-refractivity contribution < 1.29 is 9.53 Å². The van der Waals surface area contributed by atoms with E-state index in [0.29, 0.717) is 18.7 Å². The van der Waals surface area contributed by atoms with E-state index in [-0.39, 0.29) is 18.1 Å². The molecule has 0 saturated carbocycles. The topological polar surface area (TPSA) is 60.2 Å². The van der Waals surface area contributed by atoms with E-state index in [1.807, 2.05) is 27.9 Å². The van der Waals surface area contributed by atoms with Crippen LogP contribution < -0.4 is 0 Å². The highest BCUT2D eigenvalue weighted by molar-refractivity contribution is 5.96. The third kappa shape index (κ3) is 3.21. The molecule has 5 rings (SSSR count). The number of pyridine rings is 1. The maximum Gasteiger partial charge on any atom is 0.255 e. The van der Waals surface area contributed by atoms with Crippen LogP contribution in [0.25, 0.3) is 11.2 Å². The Labute approximate surface area is 157 Å². The lowest BCUT2D eigenvalue weighted by Gasteiger charge is -2.32. The SMILES string of the molecule is O=C(c1cnc2c(c1)ncn2CCc1ccccc1)N1C[C@H]2CC[C@@H](C1)O2. The third-order valence-electron chi connectivity index (χ3n) is 5.52. The molecule has 2 saturated heterocycles. The molecule has 138 valence electrons. The van der Waals surface area contributed by atoms with Gasteiger partial charge in [-0.1, -0.05) is 30.3 Å². The molecular weight excluding hydrogens is 340 g/mol. The standard InChI is InChI=1S/C21H22N4O2/c26-21(25-12-17-6-7-18(13-25)27-17)16-10-19-20(22-11-16)24(14-23-19)9-8-15-4-2-1-3-5-15/h1-5,10-11,14,17-18H,6-9,12-13H2/t17-,18+. The van der Waals surface area contributed by atoms with Gasteiger partial charge in [0.1, 0.15) is 5.52 Å². The van der Waals surface area contributed by atoms with Crippen LogP contribution >= 0.6 is 0 Å². The van der Waals surface area contributed by atoms with Crippen molar-refractivity contribution in [2.24, 2.45) is 0 Å². The smallest absolute Gasteiger partial charge is 0.255 e. The van der Waals surface area contributed by atoms with Crippen molar-refractivity contribution >= 4 is 17.1 Å². The number of hydrogen-bond acceptors (Lipinski definition) is 4. The van der Waals surface area contributed by atoms with E-state index in [1.54, 1.807) is 6.20 Å². The fourth-order valence-electron chi connectivity index (χ4n) is 4.09. The number of aryl methyl sites for hydroxylation is 2. The average molecular weight is 362 g/mol. The second kappa shape index (κ2) is 6.78. The summed E-state index contributed by atoms with van der Waals surface area (Å²) in [7, 11) is 0. The summed E-state index contributed by atoms with van der Waals surface area (Å²) < 4.78 is 7.87. The largest absolute Gasteiger partial charge is 0.371 e. The first kappa shape index (κ1) is 16.4.